The van der Waals surface area contributed by atoms with Crippen molar-refractivity contribution in [2.24, 2.45) is 16.6 Å². The molecule has 26 heavy (non-hydrogen) atoms. The molecule has 0 aliphatic carbocycles. The number of hydrogen-bond acceptors (Lipinski definition) is 3. The van der Waals surface area contributed by atoms with Gasteiger partial charge in [0.2, 0.25) is 5.60 Å². The molecule has 0 radical (unpaired) electrons. The Morgan fingerprint density at radius 2 is 1.54 bits per heavy atom. The molecule has 2 aromatic rings. The van der Waals surface area contributed by atoms with Crippen molar-refractivity contribution >= 4 is 5.84 Å². The van der Waals surface area contributed by atoms with E-state index >= 15 is 0 Å². The quantitative estimate of drug-likeness (QED) is 0.473. The van der Waals surface area contributed by atoms with E-state index < -0.39 is 11.2 Å². The summed E-state index contributed by atoms with van der Waals surface area (Å²) in [5.74, 6) is 0.668. The molecule has 2 N–H and O–H groups in total. The summed E-state index contributed by atoms with van der Waals surface area (Å²) >= 11 is 0. The molecule has 1 saturated heterocycles. The van der Waals surface area contributed by atoms with Gasteiger partial charge in [-0.05, 0) is 17.0 Å². The fourth-order valence-electron chi connectivity index (χ4n) is 3.36. The zero-order valence-electron chi connectivity index (χ0n) is 15.4. The predicted octanol–water partition coefficient (Wildman–Crippen LogP) is 3.52. The van der Waals surface area contributed by atoms with E-state index in [0.717, 1.165) is 11.1 Å². The number of rotatable bonds is 7. The highest BCUT2D eigenvalue weighted by Gasteiger charge is 2.73. The van der Waals surface area contributed by atoms with Gasteiger partial charge in [-0.3, -0.25) is 4.99 Å². The van der Waals surface area contributed by atoms with Gasteiger partial charge in [-0.2, -0.15) is 5.26 Å². The number of benzene rings is 2. The van der Waals surface area contributed by atoms with Crippen molar-refractivity contribution in [3.8, 4) is 6.07 Å². The molecular weight excluding hydrogens is 322 g/mol. The predicted molar refractivity (Wildman–Crippen MR) is 104 cm³/mol. The number of nitriles is 1. The Kier molecular flexibility index (Phi) is 5.11. The van der Waals surface area contributed by atoms with Crippen LogP contribution in [0.25, 0.3) is 0 Å². The molecule has 3 rings (SSSR count). The SMILES string of the molecule is CC(C)CN=C(N)C1(C#N)OC1(Cc1ccccc1)Cc1ccccc1. The van der Waals surface area contributed by atoms with Crippen molar-refractivity contribution in [2.45, 2.75) is 37.9 Å². The van der Waals surface area contributed by atoms with Crippen LogP contribution in [0.4, 0.5) is 0 Å². The minimum absolute atomic E-state index is 0.292. The highest BCUT2D eigenvalue weighted by molar-refractivity contribution is 5.96. The van der Waals surface area contributed by atoms with Gasteiger partial charge < -0.3 is 10.5 Å². The van der Waals surface area contributed by atoms with E-state index in [-0.39, 0.29) is 0 Å². The first-order chi connectivity index (χ1) is 12.5. The van der Waals surface area contributed by atoms with Crippen LogP contribution in [0.5, 0.6) is 0 Å². The summed E-state index contributed by atoms with van der Waals surface area (Å²) in [6, 6.07) is 22.5. The molecule has 134 valence electrons. The first kappa shape index (κ1) is 18.2. The largest absolute Gasteiger partial charge is 0.384 e. The zero-order valence-corrected chi connectivity index (χ0v) is 15.4. The molecular formula is C22H25N3O. The molecule has 4 nitrogen and oxygen atoms in total. The van der Waals surface area contributed by atoms with Gasteiger partial charge in [0, 0.05) is 19.4 Å². The lowest BCUT2D eigenvalue weighted by Crippen LogP contribution is -2.41. The van der Waals surface area contributed by atoms with E-state index in [1.165, 1.54) is 0 Å². The number of aliphatic imine (C=N–C) groups is 1. The maximum absolute atomic E-state index is 9.95. The minimum Gasteiger partial charge on any atom is -0.384 e. The molecule has 1 aliphatic heterocycles. The first-order valence-corrected chi connectivity index (χ1v) is 9.01. The zero-order chi connectivity index (χ0) is 18.6. The third kappa shape index (κ3) is 3.49. The first-order valence-electron chi connectivity index (χ1n) is 9.01. The smallest absolute Gasteiger partial charge is 0.241 e. The summed E-state index contributed by atoms with van der Waals surface area (Å²) in [6.45, 7) is 4.74. The number of hydrogen-bond donors (Lipinski definition) is 1. The fourth-order valence-corrected chi connectivity index (χ4v) is 3.36. The van der Waals surface area contributed by atoms with E-state index in [1.54, 1.807) is 0 Å². The van der Waals surface area contributed by atoms with E-state index in [1.807, 2.05) is 36.4 Å². The average molecular weight is 347 g/mol. The van der Waals surface area contributed by atoms with Gasteiger partial charge >= 0.3 is 0 Å². The van der Waals surface area contributed by atoms with Crippen LogP contribution in [0.15, 0.2) is 65.7 Å². The third-order valence-corrected chi connectivity index (χ3v) is 4.76. The standard InChI is InChI=1S/C22H25N3O/c1-17(2)15-25-20(24)22(16-23)21(26-22,13-18-9-5-3-6-10-18)14-19-11-7-4-8-12-19/h3-12,17H,13-15H2,1-2H3,(H2,24,25). The molecule has 0 spiro atoms. The van der Waals surface area contributed by atoms with Gasteiger partial charge in [0.05, 0.1) is 0 Å². The van der Waals surface area contributed by atoms with Crippen LogP contribution in [0, 0.1) is 17.2 Å². The normalized spacial score (nSPS) is 21.4. The van der Waals surface area contributed by atoms with Gasteiger partial charge in [-0.25, -0.2) is 0 Å². The molecule has 1 fully saturated rings. The van der Waals surface area contributed by atoms with Gasteiger partial charge in [-0.1, -0.05) is 74.5 Å². The molecule has 1 heterocycles. The second-order valence-electron chi connectivity index (χ2n) is 7.33. The van der Waals surface area contributed by atoms with Gasteiger partial charge in [0.1, 0.15) is 17.5 Å². The molecule has 1 atom stereocenters. The van der Waals surface area contributed by atoms with Crippen LogP contribution in [-0.2, 0) is 17.6 Å². The van der Waals surface area contributed by atoms with E-state index in [0.29, 0.717) is 31.1 Å². The topological polar surface area (TPSA) is 74.7 Å². The second-order valence-corrected chi connectivity index (χ2v) is 7.33. The molecule has 0 saturated carbocycles. The number of nitrogens with zero attached hydrogens (tertiary/aromatic N) is 2. The van der Waals surface area contributed by atoms with Gasteiger partial charge in [0.25, 0.3) is 0 Å². The van der Waals surface area contributed by atoms with Crippen LogP contribution in [0.2, 0.25) is 0 Å². The summed E-state index contributed by atoms with van der Waals surface area (Å²) in [7, 11) is 0. The van der Waals surface area contributed by atoms with Crippen molar-refractivity contribution in [2.75, 3.05) is 6.54 Å². The summed E-state index contributed by atoms with van der Waals surface area (Å²) in [4.78, 5) is 4.45. The van der Waals surface area contributed by atoms with Crippen LogP contribution in [0.3, 0.4) is 0 Å². The summed E-state index contributed by atoms with van der Waals surface area (Å²) < 4.78 is 6.13. The van der Waals surface area contributed by atoms with Crippen LogP contribution >= 0.6 is 0 Å². The number of epoxide rings is 1. The Morgan fingerprint density at radius 3 is 1.96 bits per heavy atom. The molecule has 0 bridgehead atoms. The monoisotopic (exact) mass is 347 g/mol. The Bertz CT molecular complexity index is 767. The van der Waals surface area contributed by atoms with Crippen molar-refractivity contribution in [1.82, 2.24) is 0 Å². The maximum atomic E-state index is 9.95. The number of nitrogens with two attached hydrogens (primary N) is 1. The second kappa shape index (κ2) is 7.31. The third-order valence-electron chi connectivity index (χ3n) is 4.76. The Hall–Kier alpha value is -2.64. The molecule has 0 amide bonds. The highest BCUT2D eigenvalue weighted by atomic mass is 16.6. The minimum atomic E-state index is -1.16. The summed E-state index contributed by atoms with van der Waals surface area (Å²) in [6.07, 6.45) is 1.24. The van der Waals surface area contributed by atoms with E-state index in [9.17, 15) is 5.26 Å². The molecule has 4 heteroatoms. The van der Waals surface area contributed by atoms with Gasteiger partial charge in [0.15, 0.2) is 0 Å². The van der Waals surface area contributed by atoms with Crippen molar-refractivity contribution < 1.29 is 4.74 Å². The average Bonchev–Trinajstić information content (AvgIpc) is 3.29. The molecule has 0 aromatic heterocycles. The van der Waals surface area contributed by atoms with Crippen molar-refractivity contribution in [1.29, 1.82) is 5.26 Å². The van der Waals surface area contributed by atoms with Crippen LogP contribution in [0.1, 0.15) is 25.0 Å². The van der Waals surface area contributed by atoms with Gasteiger partial charge in [-0.15, -0.1) is 0 Å². The van der Waals surface area contributed by atoms with Crippen LogP contribution in [-0.4, -0.2) is 23.6 Å². The van der Waals surface area contributed by atoms with Crippen LogP contribution < -0.4 is 5.73 Å². The number of amidine groups is 1. The lowest BCUT2D eigenvalue weighted by atomic mass is 9.82. The Morgan fingerprint density at radius 1 is 1.04 bits per heavy atom. The molecule has 2 aromatic carbocycles. The summed E-state index contributed by atoms with van der Waals surface area (Å²) in [5, 5.41) is 9.95. The maximum Gasteiger partial charge on any atom is 0.241 e. The van der Waals surface area contributed by atoms with E-state index in [4.69, 9.17) is 10.5 Å². The summed E-state index contributed by atoms with van der Waals surface area (Å²) in [5.41, 5.74) is 6.66. The van der Waals surface area contributed by atoms with E-state index in [2.05, 4.69) is 49.2 Å². The fraction of sp³-hybridized carbons (Fsp3) is 0.364. The highest BCUT2D eigenvalue weighted by Crippen LogP contribution is 2.52. The Labute approximate surface area is 155 Å². The lowest BCUT2D eigenvalue weighted by molar-refractivity contribution is 0.288. The van der Waals surface area contributed by atoms with Crippen molar-refractivity contribution in [3.63, 3.8) is 0 Å². The Balaban J connectivity index is 1.94. The lowest BCUT2D eigenvalue weighted by Gasteiger charge is -2.16. The molecule has 1 aliphatic rings. The number of ether oxygens (including phenoxy) is 1. The van der Waals surface area contributed by atoms with Crippen molar-refractivity contribution in [3.05, 3.63) is 71.8 Å². The molecule has 1 unspecified atom stereocenters.